The van der Waals surface area contributed by atoms with Crippen molar-refractivity contribution in [2.75, 3.05) is 0 Å². The van der Waals surface area contributed by atoms with E-state index in [-0.39, 0.29) is 57.7 Å². The third-order valence-electron chi connectivity index (χ3n) is 3.10. The summed E-state index contributed by atoms with van der Waals surface area (Å²) in [5, 5.41) is 0. The first-order valence-corrected chi connectivity index (χ1v) is 7.96. The Morgan fingerprint density at radius 2 is 1.56 bits per heavy atom. The Hall–Kier alpha value is -1.20. The van der Waals surface area contributed by atoms with Gasteiger partial charge in [0.2, 0.25) is 0 Å². The third kappa shape index (κ3) is 12.0. The molecule has 0 nitrogen and oxygen atoms in total. The van der Waals surface area contributed by atoms with Gasteiger partial charge in [-0.3, -0.25) is 0 Å². The molecule has 0 amide bonds. The summed E-state index contributed by atoms with van der Waals surface area (Å²) < 4.78 is 13.0. The molecule has 0 N–H and O–H groups in total. The molecule has 0 unspecified atom stereocenters. The Labute approximate surface area is 191 Å². The molecule has 1 aliphatic rings. The van der Waals surface area contributed by atoms with E-state index >= 15 is 0 Å². The van der Waals surface area contributed by atoms with Crippen LogP contribution in [0.4, 0.5) is 4.39 Å². The number of benzene rings is 2. The van der Waals surface area contributed by atoms with Gasteiger partial charge in [-0.05, 0) is 18.2 Å². The molecule has 2 heteroatoms. The maximum atomic E-state index is 13.0. The number of fused-ring (bicyclic) bond motifs is 1. The maximum absolute atomic E-state index is 13.0. The molecular weight excluding hydrogens is 342 g/mol. The monoisotopic (exact) mass is 375 g/mol. The van der Waals surface area contributed by atoms with Crippen LogP contribution in [-0.2, 0) is 6.42 Å². The third-order valence-corrected chi connectivity index (χ3v) is 3.10. The molecule has 0 saturated heterocycles. The number of aryl methyl sites for hydroxylation is 1. The van der Waals surface area contributed by atoms with Gasteiger partial charge in [0.15, 0.2) is 0 Å². The summed E-state index contributed by atoms with van der Waals surface area (Å²) >= 11 is 0. The number of halogens is 1. The van der Waals surface area contributed by atoms with E-state index in [2.05, 4.69) is 44.2 Å². The van der Waals surface area contributed by atoms with Gasteiger partial charge in [-0.15, -0.1) is 11.6 Å². The molecule has 0 radical (unpaired) electrons. The molecule has 3 rings (SSSR count). The largest absolute Gasteiger partial charge is 1.00 e. The van der Waals surface area contributed by atoms with Crippen LogP contribution in [0.3, 0.4) is 0 Å². The van der Waals surface area contributed by atoms with Crippen LogP contribution in [0.25, 0.3) is 0 Å². The second-order valence-corrected chi connectivity index (χ2v) is 4.92. The first kappa shape index (κ1) is 33.4. The predicted molar refractivity (Wildman–Crippen MR) is 116 cm³/mol. The van der Waals surface area contributed by atoms with Gasteiger partial charge in [0.1, 0.15) is 5.82 Å². The summed E-state index contributed by atoms with van der Waals surface area (Å²) in [5.41, 5.74) is 4.39. The number of rotatable bonds is 0. The molecule has 1 aliphatic carbocycles. The van der Waals surface area contributed by atoms with Gasteiger partial charge >= 0.3 is 29.6 Å². The van der Waals surface area contributed by atoms with Crippen LogP contribution in [0.1, 0.15) is 48.9 Å². The minimum Gasteiger partial charge on any atom is -0.358 e. The van der Waals surface area contributed by atoms with Crippen molar-refractivity contribution in [2.45, 2.75) is 33.1 Å². The molecule has 0 atom stereocenters. The molecule has 0 spiro atoms. The van der Waals surface area contributed by atoms with Crippen molar-refractivity contribution in [3.8, 4) is 11.8 Å². The summed E-state index contributed by atoms with van der Waals surface area (Å²) in [7, 11) is 0. The summed E-state index contributed by atoms with van der Waals surface area (Å²) in [6, 6.07) is 12.6. The first-order chi connectivity index (χ1) is 11.2. The van der Waals surface area contributed by atoms with E-state index in [1.54, 1.807) is 13.0 Å². The second kappa shape index (κ2) is 19.6. The summed E-state index contributed by atoms with van der Waals surface area (Å²) in [6.45, 7) is 10.5. The normalized spacial score (nSPS) is 9.07. The van der Waals surface area contributed by atoms with Crippen molar-refractivity contribution < 1.29 is 33.9 Å². The van der Waals surface area contributed by atoms with Crippen molar-refractivity contribution in [3.63, 3.8) is 0 Å². The van der Waals surface area contributed by atoms with Crippen molar-refractivity contribution in [1.82, 2.24) is 0 Å². The van der Waals surface area contributed by atoms with E-state index in [9.17, 15) is 4.39 Å². The van der Waals surface area contributed by atoms with Gasteiger partial charge in [-0.1, -0.05) is 43.7 Å². The molecule has 2 aromatic rings. The summed E-state index contributed by atoms with van der Waals surface area (Å²) in [6.07, 6.45) is 5.47. The Kier molecular flexibility index (Phi) is 24.2. The van der Waals surface area contributed by atoms with E-state index in [1.165, 1.54) is 23.3 Å². The standard InChI is InChI=1S/C17H12F.C3H7.C2H5.3CH3.Na/c18-17-6-1-3-13(12-17)7-8-14-9-10-15-4-2-5-16(15)11-14;1-3-2;1-2;;;;/h1,3-4,6,9-12H,2,5H2;1,3H2,2H3;1H2,2H3;3*1H3;/q6*-1;+1. The number of hydrogen-bond acceptors (Lipinski definition) is 0. The SMILES string of the molecule is Fc1cccc(C#Cc2ccc3c(c2)CC[CH-]3)c1.[CH2-]C.[CH2-]CC.[CH3-].[CH3-].[CH3-].[Na+]. The molecule has 2 aromatic carbocycles. The molecule has 27 heavy (non-hydrogen) atoms. The number of hydrogen-bond donors (Lipinski definition) is 0. The molecule has 0 fully saturated rings. The van der Waals surface area contributed by atoms with Crippen LogP contribution in [0.2, 0.25) is 0 Å². The van der Waals surface area contributed by atoms with E-state index in [1.807, 2.05) is 19.1 Å². The van der Waals surface area contributed by atoms with E-state index < -0.39 is 0 Å². The zero-order valence-electron chi connectivity index (χ0n) is 18.0. The minimum atomic E-state index is -0.245. The zero-order valence-corrected chi connectivity index (χ0v) is 20.0. The minimum absolute atomic E-state index is 0. The van der Waals surface area contributed by atoms with E-state index in [0.717, 1.165) is 24.8 Å². The zero-order chi connectivity index (χ0) is 17.1. The van der Waals surface area contributed by atoms with E-state index in [4.69, 9.17) is 0 Å². The second-order valence-electron chi connectivity index (χ2n) is 4.92. The van der Waals surface area contributed by atoms with E-state index in [0.29, 0.717) is 5.56 Å². The smallest absolute Gasteiger partial charge is 0.358 e. The first-order valence-electron chi connectivity index (χ1n) is 7.96. The van der Waals surface area contributed by atoms with Crippen LogP contribution in [0, 0.1) is 60.2 Å². The summed E-state index contributed by atoms with van der Waals surface area (Å²) in [5.74, 6) is 5.84. The average molecular weight is 376 g/mol. The van der Waals surface area contributed by atoms with Crippen LogP contribution in [-0.4, -0.2) is 0 Å². The molecule has 0 aliphatic heterocycles. The topological polar surface area (TPSA) is 0 Å². The van der Waals surface area contributed by atoms with Crippen LogP contribution in [0.15, 0.2) is 42.5 Å². The van der Waals surface area contributed by atoms with Gasteiger partial charge < -0.3 is 36.1 Å². The predicted octanol–water partition coefficient (Wildman–Crippen LogP) is 4.15. The maximum Gasteiger partial charge on any atom is 1.00 e. The van der Waals surface area contributed by atoms with Crippen molar-refractivity contribution in [3.05, 3.63) is 113 Å². The van der Waals surface area contributed by atoms with Gasteiger partial charge in [-0.2, -0.15) is 31.4 Å². The Morgan fingerprint density at radius 1 is 1.00 bits per heavy atom. The fourth-order valence-corrected chi connectivity index (χ4v) is 2.19. The fourth-order valence-electron chi connectivity index (χ4n) is 2.19. The Bertz CT molecular complexity index is 666. The average Bonchev–Trinajstić information content (AvgIpc) is 3.03. The van der Waals surface area contributed by atoms with Crippen molar-refractivity contribution in [2.24, 2.45) is 0 Å². The quantitative estimate of drug-likeness (QED) is 0.369. The van der Waals surface area contributed by atoms with Crippen LogP contribution < -0.4 is 29.6 Å². The molecule has 0 aromatic heterocycles. The Morgan fingerprint density at radius 3 is 2.11 bits per heavy atom. The van der Waals surface area contributed by atoms with Gasteiger partial charge in [0.25, 0.3) is 0 Å². The molecule has 146 valence electrons. The van der Waals surface area contributed by atoms with Gasteiger partial charge in [0.05, 0.1) is 0 Å². The van der Waals surface area contributed by atoms with Crippen LogP contribution in [0.5, 0.6) is 0 Å². The van der Waals surface area contributed by atoms with Crippen molar-refractivity contribution in [1.29, 1.82) is 0 Å². The molecule has 0 saturated carbocycles. The molecular formula is C25H33FNa-5. The molecule has 0 heterocycles. The molecule has 0 bridgehead atoms. The van der Waals surface area contributed by atoms with Gasteiger partial charge in [0, 0.05) is 11.1 Å². The van der Waals surface area contributed by atoms with Crippen LogP contribution >= 0.6 is 0 Å². The van der Waals surface area contributed by atoms with Gasteiger partial charge in [-0.25, -0.2) is 4.39 Å². The summed E-state index contributed by atoms with van der Waals surface area (Å²) in [4.78, 5) is 0. The van der Waals surface area contributed by atoms with Crippen molar-refractivity contribution >= 4 is 0 Å². The fraction of sp³-hybridized carbons (Fsp3) is 0.200. The Balaban J connectivity index is -0.000000270.